The minimum absolute atomic E-state index is 0.0413. The molecule has 0 saturated carbocycles. The van der Waals surface area contributed by atoms with Crippen LogP contribution >= 0.6 is 0 Å². The van der Waals surface area contributed by atoms with Gasteiger partial charge in [-0.25, -0.2) is 4.68 Å². The van der Waals surface area contributed by atoms with Gasteiger partial charge in [0.2, 0.25) is 5.91 Å². The number of ether oxygens (including phenoxy) is 2. The Kier molecular flexibility index (Phi) is 6.74. The molecule has 1 atom stereocenters. The van der Waals surface area contributed by atoms with Crippen molar-refractivity contribution in [2.24, 2.45) is 11.8 Å². The second-order valence-corrected chi connectivity index (χ2v) is 8.85. The van der Waals surface area contributed by atoms with Crippen LogP contribution < -0.4 is 10.1 Å². The van der Waals surface area contributed by atoms with E-state index in [4.69, 9.17) is 9.47 Å². The fourth-order valence-electron chi connectivity index (χ4n) is 4.14. The molecule has 0 spiro atoms. The van der Waals surface area contributed by atoms with Crippen molar-refractivity contribution >= 4 is 11.8 Å². The molecule has 9 heteroatoms. The van der Waals surface area contributed by atoms with Crippen molar-refractivity contribution in [3.05, 3.63) is 41.2 Å². The van der Waals surface area contributed by atoms with Gasteiger partial charge in [0.1, 0.15) is 11.9 Å². The summed E-state index contributed by atoms with van der Waals surface area (Å²) >= 11 is 0. The van der Waals surface area contributed by atoms with E-state index in [9.17, 15) is 9.59 Å². The molecule has 2 aliphatic heterocycles. The molecule has 1 saturated heterocycles. The smallest absolute Gasteiger partial charge is 0.276 e. The lowest BCUT2D eigenvalue weighted by molar-refractivity contribution is -0.126. The first-order valence-corrected chi connectivity index (χ1v) is 11.2. The van der Waals surface area contributed by atoms with Crippen molar-refractivity contribution in [2.45, 2.75) is 45.9 Å². The van der Waals surface area contributed by atoms with Gasteiger partial charge in [-0.3, -0.25) is 9.59 Å². The van der Waals surface area contributed by atoms with Crippen molar-refractivity contribution in [1.82, 2.24) is 25.2 Å². The molecule has 1 unspecified atom stereocenters. The van der Waals surface area contributed by atoms with E-state index in [2.05, 4.69) is 29.5 Å². The van der Waals surface area contributed by atoms with Crippen LogP contribution in [0.3, 0.4) is 0 Å². The van der Waals surface area contributed by atoms with Crippen LogP contribution in [-0.2, 0) is 22.7 Å². The summed E-state index contributed by atoms with van der Waals surface area (Å²) in [6.45, 7) is 6.69. The van der Waals surface area contributed by atoms with Gasteiger partial charge in [0.15, 0.2) is 5.69 Å². The predicted molar refractivity (Wildman–Crippen MR) is 117 cm³/mol. The SMILES string of the molecule is COc1ccc(C2Cn3nnc(C(=O)N4CCC(C(=O)NCC(C)C)CC4)c3CO2)cc1. The molecule has 1 N–H and O–H groups in total. The van der Waals surface area contributed by atoms with Gasteiger partial charge in [0.25, 0.3) is 5.91 Å². The van der Waals surface area contributed by atoms with Crippen LogP contribution in [0, 0.1) is 11.8 Å². The largest absolute Gasteiger partial charge is 0.497 e. The number of piperidine rings is 1. The molecule has 1 fully saturated rings. The molecule has 0 aliphatic carbocycles. The highest BCUT2D eigenvalue weighted by Crippen LogP contribution is 2.29. The summed E-state index contributed by atoms with van der Waals surface area (Å²) in [4.78, 5) is 27.2. The Morgan fingerprint density at radius 1 is 1.22 bits per heavy atom. The van der Waals surface area contributed by atoms with Crippen LogP contribution in [0.15, 0.2) is 24.3 Å². The van der Waals surface area contributed by atoms with E-state index < -0.39 is 0 Å². The highest BCUT2D eigenvalue weighted by atomic mass is 16.5. The highest BCUT2D eigenvalue weighted by molar-refractivity contribution is 5.93. The Morgan fingerprint density at radius 3 is 2.59 bits per heavy atom. The number of aromatic nitrogens is 3. The zero-order valence-electron chi connectivity index (χ0n) is 18.9. The fourth-order valence-corrected chi connectivity index (χ4v) is 4.14. The average Bonchev–Trinajstić information content (AvgIpc) is 3.25. The third-order valence-electron chi connectivity index (χ3n) is 6.13. The maximum absolute atomic E-state index is 13.1. The molecule has 1 aromatic carbocycles. The number of amides is 2. The molecule has 2 aromatic rings. The molecule has 0 bridgehead atoms. The first kappa shape index (κ1) is 22.3. The van der Waals surface area contributed by atoms with E-state index in [-0.39, 0.29) is 30.4 Å². The lowest BCUT2D eigenvalue weighted by Gasteiger charge is -2.31. The molecular weight excluding hydrogens is 410 g/mol. The number of benzene rings is 1. The number of nitrogens with zero attached hydrogens (tertiary/aromatic N) is 4. The maximum Gasteiger partial charge on any atom is 0.276 e. The Balaban J connectivity index is 1.35. The summed E-state index contributed by atoms with van der Waals surface area (Å²) in [5, 5.41) is 11.4. The van der Waals surface area contributed by atoms with E-state index in [0.29, 0.717) is 56.3 Å². The number of hydrogen-bond acceptors (Lipinski definition) is 6. The first-order valence-electron chi connectivity index (χ1n) is 11.2. The second kappa shape index (κ2) is 9.68. The summed E-state index contributed by atoms with van der Waals surface area (Å²) in [7, 11) is 1.64. The van der Waals surface area contributed by atoms with Crippen LogP contribution in [0.1, 0.15) is 54.5 Å². The van der Waals surface area contributed by atoms with Gasteiger partial charge in [0, 0.05) is 25.6 Å². The predicted octanol–water partition coefficient (Wildman–Crippen LogP) is 2.18. The molecule has 32 heavy (non-hydrogen) atoms. The van der Waals surface area contributed by atoms with Crippen LogP contribution in [0.25, 0.3) is 0 Å². The summed E-state index contributed by atoms with van der Waals surface area (Å²) in [5.74, 6) is 1.12. The maximum atomic E-state index is 13.1. The number of methoxy groups -OCH3 is 1. The molecule has 9 nitrogen and oxygen atoms in total. The van der Waals surface area contributed by atoms with Crippen molar-refractivity contribution < 1.29 is 19.1 Å². The van der Waals surface area contributed by atoms with Crippen molar-refractivity contribution in [1.29, 1.82) is 0 Å². The van der Waals surface area contributed by atoms with Gasteiger partial charge >= 0.3 is 0 Å². The highest BCUT2D eigenvalue weighted by Gasteiger charge is 2.33. The Hall–Kier alpha value is -2.94. The third kappa shape index (κ3) is 4.77. The third-order valence-corrected chi connectivity index (χ3v) is 6.13. The number of hydrogen-bond donors (Lipinski definition) is 1. The van der Waals surface area contributed by atoms with Crippen LogP contribution in [0.4, 0.5) is 0 Å². The van der Waals surface area contributed by atoms with Crippen LogP contribution in [-0.4, -0.2) is 58.5 Å². The monoisotopic (exact) mass is 441 g/mol. The number of likely N-dealkylation sites (tertiary alicyclic amines) is 1. The number of carbonyl (C=O) groups is 2. The zero-order chi connectivity index (χ0) is 22.7. The zero-order valence-corrected chi connectivity index (χ0v) is 18.9. The van der Waals surface area contributed by atoms with Gasteiger partial charge in [-0.2, -0.15) is 0 Å². The van der Waals surface area contributed by atoms with Crippen molar-refractivity contribution in [2.75, 3.05) is 26.7 Å². The molecule has 3 heterocycles. The van der Waals surface area contributed by atoms with Gasteiger partial charge in [-0.15, -0.1) is 5.10 Å². The molecule has 0 radical (unpaired) electrons. The first-order chi connectivity index (χ1) is 15.5. The summed E-state index contributed by atoms with van der Waals surface area (Å²) in [5.41, 5.74) is 2.08. The Labute approximate surface area is 188 Å². The number of nitrogens with one attached hydrogen (secondary N) is 1. The van der Waals surface area contributed by atoms with Gasteiger partial charge in [0.05, 0.1) is 26.0 Å². The number of rotatable bonds is 6. The Morgan fingerprint density at radius 2 is 1.94 bits per heavy atom. The van der Waals surface area contributed by atoms with E-state index in [1.807, 2.05) is 24.3 Å². The Bertz CT molecular complexity index is 948. The van der Waals surface area contributed by atoms with Crippen molar-refractivity contribution in [3.8, 4) is 5.75 Å². The number of fused-ring (bicyclic) bond motifs is 1. The minimum atomic E-state index is -0.154. The molecular formula is C23H31N5O4. The quantitative estimate of drug-likeness (QED) is 0.738. The second-order valence-electron chi connectivity index (χ2n) is 8.85. The number of carbonyl (C=O) groups excluding carboxylic acids is 2. The molecule has 1 aromatic heterocycles. The minimum Gasteiger partial charge on any atom is -0.497 e. The topological polar surface area (TPSA) is 98.6 Å². The van der Waals surface area contributed by atoms with E-state index in [1.165, 1.54) is 0 Å². The molecule has 172 valence electrons. The average molecular weight is 442 g/mol. The van der Waals surface area contributed by atoms with Crippen LogP contribution in [0.5, 0.6) is 5.75 Å². The molecule has 2 aliphatic rings. The fraction of sp³-hybridized carbons (Fsp3) is 0.565. The van der Waals surface area contributed by atoms with Gasteiger partial charge in [-0.1, -0.05) is 31.2 Å². The molecule has 4 rings (SSSR count). The summed E-state index contributed by atoms with van der Waals surface area (Å²) < 4.78 is 13.0. The molecule has 2 amide bonds. The van der Waals surface area contributed by atoms with Gasteiger partial charge < -0.3 is 19.7 Å². The lowest BCUT2D eigenvalue weighted by Crippen LogP contribution is -2.44. The normalized spacial score (nSPS) is 19.0. The summed E-state index contributed by atoms with van der Waals surface area (Å²) in [6.07, 6.45) is 1.17. The van der Waals surface area contributed by atoms with E-state index in [0.717, 1.165) is 11.3 Å². The lowest BCUT2D eigenvalue weighted by atomic mass is 9.95. The standard InChI is InChI=1S/C23H31N5O4/c1-15(2)12-24-22(29)17-8-10-27(11-9-17)23(30)21-19-14-32-20(13-28(19)26-25-21)16-4-6-18(31-3)7-5-16/h4-7,15,17,20H,8-14H2,1-3H3,(H,24,29). The van der Waals surface area contributed by atoms with E-state index in [1.54, 1.807) is 16.7 Å². The van der Waals surface area contributed by atoms with Gasteiger partial charge in [-0.05, 0) is 36.5 Å². The van der Waals surface area contributed by atoms with Crippen LogP contribution in [0.2, 0.25) is 0 Å². The summed E-state index contributed by atoms with van der Waals surface area (Å²) in [6, 6.07) is 7.74. The van der Waals surface area contributed by atoms with Crippen molar-refractivity contribution in [3.63, 3.8) is 0 Å². The van der Waals surface area contributed by atoms with E-state index >= 15 is 0 Å².